The van der Waals surface area contributed by atoms with E-state index in [1.807, 2.05) is 11.3 Å². The Morgan fingerprint density at radius 3 is 2.88 bits per heavy atom. The highest BCUT2D eigenvalue weighted by Gasteiger charge is 2.21. The van der Waals surface area contributed by atoms with Gasteiger partial charge >= 0.3 is 0 Å². The summed E-state index contributed by atoms with van der Waals surface area (Å²) in [4.78, 5) is 4.79. The molecule has 0 aliphatic heterocycles. The van der Waals surface area contributed by atoms with Crippen molar-refractivity contribution in [3.05, 3.63) is 42.2 Å². The van der Waals surface area contributed by atoms with Gasteiger partial charge in [-0.2, -0.15) is 0 Å². The molecule has 2 aromatic heterocycles. The molecule has 0 aromatic carbocycles. The van der Waals surface area contributed by atoms with Gasteiger partial charge in [-0.15, -0.1) is 22.7 Å². The average molecular weight is 378 g/mol. The molecule has 0 saturated heterocycles. The van der Waals surface area contributed by atoms with Crippen LogP contribution in [0.5, 0.6) is 0 Å². The summed E-state index contributed by atoms with van der Waals surface area (Å²) in [5.74, 6) is 0. The fourth-order valence-corrected chi connectivity index (χ4v) is 6.30. The summed E-state index contributed by atoms with van der Waals surface area (Å²) in [6, 6.07) is 4.51. The van der Waals surface area contributed by atoms with Crippen molar-refractivity contribution < 1.29 is 0 Å². The largest absolute Gasteiger partial charge is 0.146 e. The summed E-state index contributed by atoms with van der Waals surface area (Å²) in [6.07, 6.45) is 3.90. The predicted octanol–water partition coefficient (Wildman–Crippen LogP) is 5.55. The van der Waals surface area contributed by atoms with Crippen molar-refractivity contribution in [2.45, 2.75) is 24.1 Å². The highest BCUT2D eigenvalue weighted by Crippen LogP contribution is 2.43. The summed E-state index contributed by atoms with van der Waals surface area (Å²) in [7, 11) is 0. The van der Waals surface area contributed by atoms with E-state index in [0.717, 1.165) is 0 Å². The van der Waals surface area contributed by atoms with E-state index in [2.05, 4.69) is 49.4 Å². The Kier molecular flexibility index (Phi) is 3.26. The van der Waals surface area contributed by atoms with Crippen molar-refractivity contribution in [1.82, 2.24) is 0 Å². The second-order valence-corrected chi connectivity index (χ2v) is 7.83. The second-order valence-electron chi connectivity index (χ2n) is 3.95. The summed E-state index contributed by atoms with van der Waals surface area (Å²) in [5, 5.41) is 2.13. The molecule has 0 N–H and O–H groups in total. The van der Waals surface area contributed by atoms with Gasteiger partial charge in [0, 0.05) is 19.1 Å². The van der Waals surface area contributed by atoms with E-state index in [1.54, 1.807) is 21.8 Å². The maximum absolute atomic E-state index is 3.82. The van der Waals surface area contributed by atoms with E-state index in [9.17, 15) is 0 Å². The van der Waals surface area contributed by atoms with E-state index >= 15 is 0 Å². The minimum Gasteiger partial charge on any atom is -0.146 e. The van der Waals surface area contributed by atoms with Crippen LogP contribution in [-0.2, 0) is 12.8 Å². The zero-order chi connectivity index (χ0) is 11.1. The van der Waals surface area contributed by atoms with Gasteiger partial charge in [-0.1, -0.05) is 15.9 Å². The highest BCUT2D eigenvalue weighted by atomic mass is 79.9. The molecule has 4 heteroatoms. The number of thiophene rings is 2. The van der Waals surface area contributed by atoms with E-state index in [0.29, 0.717) is 4.83 Å². The molecular weight excluding hydrogens is 368 g/mol. The number of halogens is 2. The first-order valence-corrected chi connectivity index (χ1v) is 8.64. The molecule has 0 radical (unpaired) electrons. The smallest absolute Gasteiger partial charge is 0.0842 e. The Balaban J connectivity index is 1.95. The van der Waals surface area contributed by atoms with Crippen LogP contribution >= 0.6 is 54.5 Å². The molecule has 84 valence electrons. The lowest BCUT2D eigenvalue weighted by molar-refractivity contribution is 0.913. The highest BCUT2D eigenvalue weighted by molar-refractivity contribution is 9.11. The fourth-order valence-electron chi connectivity index (χ4n) is 2.09. The van der Waals surface area contributed by atoms with E-state index in [-0.39, 0.29) is 0 Å². The van der Waals surface area contributed by atoms with Crippen LogP contribution in [-0.4, -0.2) is 0 Å². The molecule has 0 bridgehead atoms. The van der Waals surface area contributed by atoms with Gasteiger partial charge in [-0.05, 0) is 58.3 Å². The summed E-state index contributed by atoms with van der Waals surface area (Å²) < 4.78 is 1.22. The molecule has 2 aromatic rings. The molecule has 0 fully saturated rings. The summed E-state index contributed by atoms with van der Waals surface area (Å²) in [5.41, 5.74) is 1.58. The van der Waals surface area contributed by atoms with Crippen LogP contribution in [0, 0.1) is 0 Å². The van der Waals surface area contributed by atoms with E-state index < -0.39 is 0 Å². The first-order chi connectivity index (χ1) is 7.75. The third kappa shape index (κ3) is 1.94. The van der Waals surface area contributed by atoms with Crippen LogP contribution < -0.4 is 0 Å². The average Bonchev–Trinajstić information content (AvgIpc) is 2.89. The molecule has 0 spiro atoms. The molecule has 3 rings (SSSR count). The number of aryl methyl sites for hydroxylation is 2. The van der Waals surface area contributed by atoms with Gasteiger partial charge in [0.1, 0.15) is 0 Å². The third-order valence-corrected chi connectivity index (χ3v) is 7.69. The Labute approximate surface area is 120 Å². The van der Waals surface area contributed by atoms with Crippen molar-refractivity contribution in [3.63, 3.8) is 0 Å². The number of hydrogen-bond acceptors (Lipinski definition) is 2. The van der Waals surface area contributed by atoms with Crippen LogP contribution in [0.2, 0.25) is 0 Å². The first kappa shape index (κ1) is 11.5. The van der Waals surface area contributed by atoms with Crippen molar-refractivity contribution in [2.75, 3.05) is 0 Å². The van der Waals surface area contributed by atoms with Gasteiger partial charge in [0.2, 0.25) is 0 Å². The summed E-state index contributed by atoms with van der Waals surface area (Å²) >= 11 is 11.2. The number of hydrogen-bond donors (Lipinski definition) is 0. The molecule has 16 heavy (non-hydrogen) atoms. The maximum atomic E-state index is 3.82. The number of fused-ring (bicyclic) bond motifs is 1. The predicted molar refractivity (Wildman–Crippen MR) is 79.1 cm³/mol. The van der Waals surface area contributed by atoms with Gasteiger partial charge in [-0.25, -0.2) is 0 Å². The van der Waals surface area contributed by atoms with Crippen LogP contribution in [0.4, 0.5) is 0 Å². The SMILES string of the molecule is Brc1ccsc1C(Br)c1cc2c(s1)CCC2. The molecular formula is C12H10Br2S2. The fraction of sp³-hybridized carbons (Fsp3) is 0.333. The van der Waals surface area contributed by atoms with Crippen LogP contribution in [0.15, 0.2) is 22.0 Å². The maximum Gasteiger partial charge on any atom is 0.0842 e. The number of alkyl halides is 1. The molecule has 1 atom stereocenters. The quantitative estimate of drug-likeness (QED) is 0.602. The molecule has 1 aliphatic carbocycles. The lowest BCUT2D eigenvalue weighted by Crippen LogP contribution is -1.86. The van der Waals surface area contributed by atoms with Gasteiger partial charge in [0.15, 0.2) is 0 Å². The van der Waals surface area contributed by atoms with Crippen LogP contribution in [0.25, 0.3) is 0 Å². The standard InChI is InChI=1S/C12H10Br2S2/c13-8-4-5-15-12(8)11(14)10-6-7-2-1-3-9(7)16-10/h4-6,11H,1-3H2. The minimum absolute atomic E-state index is 0.359. The minimum atomic E-state index is 0.359. The van der Waals surface area contributed by atoms with Gasteiger partial charge in [0.25, 0.3) is 0 Å². The Morgan fingerprint density at radius 1 is 1.31 bits per heavy atom. The lowest BCUT2D eigenvalue weighted by atomic mass is 10.2. The van der Waals surface area contributed by atoms with Crippen molar-refractivity contribution in [2.24, 2.45) is 0 Å². The Hall–Kier alpha value is 0.360. The van der Waals surface area contributed by atoms with E-state index in [4.69, 9.17) is 0 Å². The van der Waals surface area contributed by atoms with Crippen LogP contribution in [0.1, 0.15) is 31.4 Å². The molecule has 0 nitrogen and oxygen atoms in total. The third-order valence-electron chi connectivity index (χ3n) is 2.89. The van der Waals surface area contributed by atoms with Crippen molar-refractivity contribution >= 4 is 54.5 Å². The van der Waals surface area contributed by atoms with E-state index in [1.165, 1.54) is 33.5 Å². The van der Waals surface area contributed by atoms with Crippen molar-refractivity contribution in [1.29, 1.82) is 0 Å². The normalized spacial score (nSPS) is 16.4. The molecule has 2 heterocycles. The van der Waals surface area contributed by atoms with Gasteiger partial charge < -0.3 is 0 Å². The number of rotatable bonds is 2. The monoisotopic (exact) mass is 376 g/mol. The lowest BCUT2D eigenvalue weighted by Gasteiger charge is -2.05. The molecule has 1 unspecified atom stereocenters. The van der Waals surface area contributed by atoms with Gasteiger partial charge in [-0.3, -0.25) is 0 Å². The molecule has 1 aliphatic rings. The Bertz CT molecular complexity index is 491. The van der Waals surface area contributed by atoms with Crippen LogP contribution in [0.3, 0.4) is 0 Å². The molecule has 0 saturated carbocycles. The summed E-state index contributed by atoms with van der Waals surface area (Å²) in [6.45, 7) is 0. The topological polar surface area (TPSA) is 0 Å². The second kappa shape index (κ2) is 4.56. The first-order valence-electron chi connectivity index (χ1n) is 5.24. The zero-order valence-corrected chi connectivity index (χ0v) is 13.3. The van der Waals surface area contributed by atoms with Crippen molar-refractivity contribution in [3.8, 4) is 0 Å². The Morgan fingerprint density at radius 2 is 2.19 bits per heavy atom. The van der Waals surface area contributed by atoms with Gasteiger partial charge in [0.05, 0.1) is 4.83 Å². The molecule has 0 amide bonds. The zero-order valence-electron chi connectivity index (χ0n) is 8.50.